The van der Waals surface area contributed by atoms with Crippen molar-refractivity contribution in [3.8, 4) is 0 Å². The average Bonchev–Trinajstić information content (AvgIpc) is 3.16. The summed E-state index contributed by atoms with van der Waals surface area (Å²) in [4.78, 5) is 15.1. The van der Waals surface area contributed by atoms with Crippen molar-refractivity contribution in [3.63, 3.8) is 0 Å². The van der Waals surface area contributed by atoms with Gasteiger partial charge in [-0.1, -0.05) is 18.2 Å². The molecule has 0 atom stereocenters. The van der Waals surface area contributed by atoms with Crippen molar-refractivity contribution in [2.45, 2.75) is 37.6 Å². The standard InChI is InChI=1S/C20H25N3O3S/c1-15(2)21-20(24)18-14-16(10-11-19(18)23-12-6-7-13-23)22-27(25,26)17-8-4-3-5-9-17/h3-5,8-11,14-15,22H,6-7,12-13H2,1-2H3,(H,21,24). The Kier molecular flexibility index (Phi) is 5.70. The molecular weight excluding hydrogens is 362 g/mol. The lowest BCUT2D eigenvalue weighted by atomic mass is 10.1. The Balaban J connectivity index is 1.94. The number of anilines is 2. The van der Waals surface area contributed by atoms with Gasteiger partial charge in [0.2, 0.25) is 0 Å². The van der Waals surface area contributed by atoms with E-state index >= 15 is 0 Å². The fourth-order valence-electron chi connectivity index (χ4n) is 3.17. The lowest BCUT2D eigenvalue weighted by Gasteiger charge is -2.22. The van der Waals surface area contributed by atoms with Gasteiger partial charge < -0.3 is 10.2 Å². The van der Waals surface area contributed by atoms with Gasteiger partial charge in [0.1, 0.15) is 0 Å². The van der Waals surface area contributed by atoms with Gasteiger partial charge in [-0.15, -0.1) is 0 Å². The first kappa shape index (κ1) is 19.2. The third kappa shape index (κ3) is 4.60. The van der Waals surface area contributed by atoms with E-state index in [-0.39, 0.29) is 16.8 Å². The third-order valence-electron chi connectivity index (χ3n) is 4.41. The fourth-order valence-corrected chi connectivity index (χ4v) is 4.24. The molecule has 1 fully saturated rings. The number of carbonyl (C=O) groups excluding carboxylic acids is 1. The number of carbonyl (C=O) groups is 1. The highest BCUT2D eigenvalue weighted by atomic mass is 32.2. The van der Waals surface area contributed by atoms with Crippen LogP contribution < -0.4 is 14.9 Å². The SMILES string of the molecule is CC(C)NC(=O)c1cc(NS(=O)(=O)c2ccccc2)ccc1N1CCCC1. The smallest absolute Gasteiger partial charge is 0.261 e. The van der Waals surface area contributed by atoms with Crippen LogP contribution in [0.4, 0.5) is 11.4 Å². The van der Waals surface area contributed by atoms with Crippen LogP contribution in [0.3, 0.4) is 0 Å². The van der Waals surface area contributed by atoms with Crippen LogP contribution in [0.25, 0.3) is 0 Å². The van der Waals surface area contributed by atoms with Crippen LogP contribution in [0.5, 0.6) is 0 Å². The van der Waals surface area contributed by atoms with Crippen LogP contribution in [0.2, 0.25) is 0 Å². The molecule has 2 N–H and O–H groups in total. The molecule has 1 heterocycles. The van der Waals surface area contributed by atoms with Gasteiger partial charge in [-0.05, 0) is 57.0 Å². The average molecular weight is 388 g/mol. The summed E-state index contributed by atoms with van der Waals surface area (Å²) < 4.78 is 27.7. The molecule has 1 amide bonds. The zero-order chi connectivity index (χ0) is 19.4. The molecular formula is C20H25N3O3S. The van der Waals surface area contributed by atoms with Gasteiger partial charge in [-0.25, -0.2) is 8.42 Å². The van der Waals surface area contributed by atoms with Crippen LogP contribution in [-0.4, -0.2) is 33.5 Å². The molecule has 1 saturated heterocycles. The first-order chi connectivity index (χ1) is 12.9. The highest BCUT2D eigenvalue weighted by Gasteiger charge is 2.22. The largest absolute Gasteiger partial charge is 0.371 e. The number of hydrogen-bond donors (Lipinski definition) is 2. The summed E-state index contributed by atoms with van der Waals surface area (Å²) in [6.45, 7) is 5.60. The highest BCUT2D eigenvalue weighted by Crippen LogP contribution is 2.28. The minimum absolute atomic E-state index is 0.00593. The minimum atomic E-state index is -3.71. The van der Waals surface area contributed by atoms with Crippen molar-refractivity contribution in [3.05, 3.63) is 54.1 Å². The minimum Gasteiger partial charge on any atom is -0.371 e. The van der Waals surface area contributed by atoms with Crippen molar-refractivity contribution in [2.75, 3.05) is 22.7 Å². The van der Waals surface area contributed by atoms with Crippen molar-refractivity contribution < 1.29 is 13.2 Å². The lowest BCUT2D eigenvalue weighted by molar-refractivity contribution is 0.0943. The molecule has 7 heteroatoms. The zero-order valence-corrected chi connectivity index (χ0v) is 16.4. The predicted molar refractivity (Wildman–Crippen MR) is 108 cm³/mol. The zero-order valence-electron chi connectivity index (χ0n) is 15.6. The van der Waals surface area contributed by atoms with E-state index in [0.717, 1.165) is 31.6 Å². The number of amides is 1. The molecule has 0 aliphatic carbocycles. The molecule has 27 heavy (non-hydrogen) atoms. The van der Waals surface area contributed by atoms with Crippen LogP contribution in [0.15, 0.2) is 53.4 Å². The van der Waals surface area contributed by atoms with E-state index in [4.69, 9.17) is 0 Å². The van der Waals surface area contributed by atoms with Gasteiger partial charge in [0.15, 0.2) is 0 Å². The first-order valence-electron chi connectivity index (χ1n) is 9.14. The Bertz CT molecular complexity index is 905. The highest BCUT2D eigenvalue weighted by molar-refractivity contribution is 7.92. The molecule has 1 aliphatic heterocycles. The van der Waals surface area contributed by atoms with Crippen LogP contribution in [0.1, 0.15) is 37.0 Å². The van der Waals surface area contributed by atoms with E-state index in [2.05, 4.69) is 14.9 Å². The fraction of sp³-hybridized carbons (Fsp3) is 0.350. The molecule has 2 aromatic rings. The second-order valence-corrected chi connectivity index (χ2v) is 8.66. The Labute approximate surface area is 160 Å². The molecule has 0 spiro atoms. The second-order valence-electron chi connectivity index (χ2n) is 6.97. The maximum absolute atomic E-state index is 12.7. The predicted octanol–water partition coefficient (Wildman–Crippen LogP) is 3.23. The number of rotatable bonds is 6. The van der Waals surface area contributed by atoms with Gasteiger partial charge in [0.05, 0.1) is 10.5 Å². The quantitative estimate of drug-likeness (QED) is 0.798. The molecule has 0 saturated carbocycles. The molecule has 144 valence electrons. The first-order valence-corrected chi connectivity index (χ1v) is 10.6. The van der Waals surface area contributed by atoms with E-state index in [1.165, 1.54) is 12.1 Å². The summed E-state index contributed by atoms with van der Waals surface area (Å²) in [6, 6.07) is 13.3. The Morgan fingerprint density at radius 1 is 1.04 bits per heavy atom. The number of hydrogen-bond acceptors (Lipinski definition) is 4. The molecule has 6 nitrogen and oxygen atoms in total. The molecule has 3 rings (SSSR count). The third-order valence-corrected chi connectivity index (χ3v) is 5.81. The van der Waals surface area contributed by atoms with E-state index in [1.807, 2.05) is 19.9 Å². The van der Waals surface area contributed by atoms with Gasteiger partial charge in [-0.3, -0.25) is 9.52 Å². The summed E-state index contributed by atoms with van der Waals surface area (Å²) in [5.74, 6) is -0.201. The normalized spacial score (nSPS) is 14.4. The molecule has 0 radical (unpaired) electrons. The summed E-state index contributed by atoms with van der Waals surface area (Å²) in [5.41, 5.74) is 1.70. The molecule has 1 aliphatic rings. The van der Waals surface area contributed by atoms with Crippen LogP contribution in [0, 0.1) is 0 Å². The number of sulfonamides is 1. The van der Waals surface area contributed by atoms with E-state index < -0.39 is 10.0 Å². The van der Waals surface area contributed by atoms with Crippen molar-refractivity contribution in [1.82, 2.24) is 5.32 Å². The number of benzene rings is 2. The number of nitrogens with zero attached hydrogens (tertiary/aromatic N) is 1. The maximum atomic E-state index is 12.7. The van der Waals surface area contributed by atoms with Crippen molar-refractivity contribution in [2.24, 2.45) is 0 Å². The number of nitrogens with one attached hydrogen (secondary N) is 2. The van der Waals surface area contributed by atoms with Crippen molar-refractivity contribution in [1.29, 1.82) is 0 Å². The summed E-state index contributed by atoms with van der Waals surface area (Å²) in [5, 5.41) is 2.90. The molecule has 2 aromatic carbocycles. The Hall–Kier alpha value is -2.54. The topological polar surface area (TPSA) is 78.5 Å². The van der Waals surface area contributed by atoms with Gasteiger partial charge in [-0.2, -0.15) is 0 Å². The summed E-state index contributed by atoms with van der Waals surface area (Å²) in [6.07, 6.45) is 2.18. The maximum Gasteiger partial charge on any atom is 0.261 e. The summed E-state index contributed by atoms with van der Waals surface area (Å²) >= 11 is 0. The van der Waals surface area contributed by atoms with E-state index in [9.17, 15) is 13.2 Å². The van der Waals surface area contributed by atoms with E-state index in [0.29, 0.717) is 11.3 Å². The summed E-state index contributed by atoms with van der Waals surface area (Å²) in [7, 11) is -3.71. The lowest BCUT2D eigenvalue weighted by Crippen LogP contribution is -2.32. The van der Waals surface area contributed by atoms with E-state index in [1.54, 1.807) is 30.3 Å². The van der Waals surface area contributed by atoms with Crippen molar-refractivity contribution >= 4 is 27.3 Å². The molecule has 0 unspecified atom stereocenters. The molecule has 0 aromatic heterocycles. The Morgan fingerprint density at radius 2 is 1.70 bits per heavy atom. The van der Waals surface area contributed by atoms with Gasteiger partial charge in [0, 0.05) is 30.5 Å². The monoisotopic (exact) mass is 387 g/mol. The van der Waals surface area contributed by atoms with Gasteiger partial charge >= 0.3 is 0 Å². The van der Waals surface area contributed by atoms with Crippen LogP contribution >= 0.6 is 0 Å². The van der Waals surface area contributed by atoms with Crippen LogP contribution in [-0.2, 0) is 10.0 Å². The molecule has 0 bridgehead atoms. The second kappa shape index (κ2) is 8.00. The Morgan fingerprint density at radius 3 is 2.33 bits per heavy atom. The van der Waals surface area contributed by atoms with Gasteiger partial charge in [0.25, 0.3) is 15.9 Å².